The van der Waals surface area contributed by atoms with E-state index < -0.39 is 0 Å². The molecule has 0 saturated heterocycles. The highest BCUT2D eigenvalue weighted by atomic mass is 15.1. The third-order valence-corrected chi connectivity index (χ3v) is 5.01. The van der Waals surface area contributed by atoms with Crippen molar-refractivity contribution in [3.8, 4) is 22.4 Å². The minimum atomic E-state index is 0.434. The van der Waals surface area contributed by atoms with Crippen molar-refractivity contribution in [3.63, 3.8) is 0 Å². The van der Waals surface area contributed by atoms with Crippen molar-refractivity contribution in [1.29, 1.82) is 0 Å². The zero-order valence-corrected chi connectivity index (χ0v) is 17.1. The first kappa shape index (κ1) is 18.7. The van der Waals surface area contributed by atoms with E-state index in [0.717, 1.165) is 39.1 Å². The van der Waals surface area contributed by atoms with Gasteiger partial charge < -0.3 is 15.5 Å². The van der Waals surface area contributed by atoms with Crippen molar-refractivity contribution >= 4 is 28.2 Å². The van der Waals surface area contributed by atoms with E-state index in [9.17, 15) is 0 Å². The Morgan fingerprint density at radius 3 is 1.83 bits per heavy atom. The molecule has 0 spiro atoms. The Hall–Kier alpha value is -3.67. The smallest absolute Gasteiger partial charge is 0.165 e. The number of nitrogen functional groups attached to an aromatic ring is 1. The zero-order chi connectivity index (χ0) is 20.5. The summed E-state index contributed by atoms with van der Waals surface area (Å²) >= 11 is 0. The van der Waals surface area contributed by atoms with Crippen LogP contribution >= 0.6 is 0 Å². The molecule has 2 N–H and O–H groups in total. The van der Waals surface area contributed by atoms with Gasteiger partial charge in [0.15, 0.2) is 5.65 Å². The molecule has 0 saturated carbocycles. The summed E-state index contributed by atoms with van der Waals surface area (Å²) in [5, 5.41) is 0.777. The monoisotopic (exact) mass is 384 g/mol. The fourth-order valence-corrected chi connectivity index (χ4v) is 3.33. The summed E-state index contributed by atoms with van der Waals surface area (Å²) < 4.78 is 0. The van der Waals surface area contributed by atoms with Crippen molar-refractivity contribution in [2.45, 2.75) is 0 Å². The van der Waals surface area contributed by atoms with Crippen molar-refractivity contribution in [2.24, 2.45) is 0 Å². The first-order valence-corrected chi connectivity index (χ1v) is 9.41. The third-order valence-electron chi connectivity index (χ3n) is 5.01. The number of rotatable bonds is 4. The largest absolute Gasteiger partial charge is 0.383 e. The molecule has 0 aliphatic rings. The Morgan fingerprint density at radius 2 is 1.28 bits per heavy atom. The fourth-order valence-electron chi connectivity index (χ4n) is 3.33. The molecule has 0 atom stereocenters. The first-order valence-electron chi connectivity index (χ1n) is 9.41. The van der Waals surface area contributed by atoms with Crippen molar-refractivity contribution in [2.75, 3.05) is 43.7 Å². The Balaban J connectivity index is 1.90. The molecule has 2 heterocycles. The maximum absolute atomic E-state index is 6.21. The standard InChI is InChI=1S/C23H24N6/c1-28(2)17-9-5-15(6-10-17)19-13-20(16-7-11-18(12-8-16)29(3)4)27-23-21(19)22(24)25-14-26-23/h5-14H,1-4H3,(H2,24,25,26,27). The van der Waals surface area contributed by atoms with Crippen LogP contribution in [-0.4, -0.2) is 43.1 Å². The maximum atomic E-state index is 6.21. The summed E-state index contributed by atoms with van der Waals surface area (Å²) in [4.78, 5) is 17.5. The highest BCUT2D eigenvalue weighted by Crippen LogP contribution is 2.34. The number of nitrogens with two attached hydrogens (primary N) is 1. The van der Waals surface area contributed by atoms with E-state index in [-0.39, 0.29) is 0 Å². The molecule has 0 aliphatic carbocycles. The number of aromatic nitrogens is 3. The van der Waals surface area contributed by atoms with Crippen LogP contribution in [0.2, 0.25) is 0 Å². The predicted octanol–water partition coefficient (Wildman–Crippen LogP) is 4.07. The average Bonchev–Trinajstić information content (AvgIpc) is 2.73. The molecule has 0 fully saturated rings. The first-order chi connectivity index (χ1) is 13.9. The highest BCUT2D eigenvalue weighted by Gasteiger charge is 2.14. The molecule has 2 aromatic carbocycles. The molecule has 6 nitrogen and oxygen atoms in total. The number of anilines is 3. The van der Waals surface area contributed by atoms with Crippen LogP contribution < -0.4 is 15.5 Å². The molecule has 0 aliphatic heterocycles. The van der Waals surface area contributed by atoms with Crippen LogP contribution in [0.4, 0.5) is 17.2 Å². The van der Waals surface area contributed by atoms with Gasteiger partial charge in [-0.05, 0) is 41.5 Å². The Kier molecular flexibility index (Phi) is 4.76. The van der Waals surface area contributed by atoms with Gasteiger partial charge in [0.05, 0.1) is 11.1 Å². The number of benzene rings is 2. The van der Waals surface area contributed by atoms with Gasteiger partial charge in [-0.15, -0.1) is 0 Å². The van der Waals surface area contributed by atoms with Crippen LogP contribution in [0.5, 0.6) is 0 Å². The topological polar surface area (TPSA) is 71.2 Å². The van der Waals surface area contributed by atoms with Crippen molar-refractivity contribution in [1.82, 2.24) is 15.0 Å². The van der Waals surface area contributed by atoms with E-state index >= 15 is 0 Å². The Bertz CT molecular complexity index is 1150. The summed E-state index contributed by atoms with van der Waals surface area (Å²) in [5.41, 5.74) is 13.0. The fraction of sp³-hybridized carbons (Fsp3) is 0.174. The average molecular weight is 384 g/mol. The molecule has 2 aromatic heterocycles. The zero-order valence-electron chi connectivity index (χ0n) is 17.1. The lowest BCUT2D eigenvalue weighted by Gasteiger charge is -2.15. The summed E-state index contributed by atoms with van der Waals surface area (Å²) in [6, 6.07) is 18.8. The third kappa shape index (κ3) is 3.57. The van der Waals surface area contributed by atoms with Gasteiger partial charge in [0, 0.05) is 45.1 Å². The van der Waals surface area contributed by atoms with Crippen LogP contribution in [0.1, 0.15) is 0 Å². The van der Waals surface area contributed by atoms with Crippen LogP contribution in [0.15, 0.2) is 60.9 Å². The van der Waals surface area contributed by atoms with E-state index in [0.29, 0.717) is 11.5 Å². The molecular weight excluding hydrogens is 360 g/mol. The van der Waals surface area contributed by atoms with Crippen LogP contribution in [0.3, 0.4) is 0 Å². The molecule has 0 radical (unpaired) electrons. The van der Waals surface area contributed by atoms with Crippen molar-refractivity contribution in [3.05, 3.63) is 60.9 Å². The molecule has 0 unspecified atom stereocenters. The summed E-state index contributed by atoms with van der Waals surface area (Å²) in [6.07, 6.45) is 1.46. The molecule has 0 amide bonds. The molecule has 4 aromatic rings. The number of pyridine rings is 1. The van der Waals surface area contributed by atoms with E-state index in [1.54, 1.807) is 0 Å². The molecule has 0 bridgehead atoms. The van der Waals surface area contributed by atoms with Gasteiger partial charge in [-0.2, -0.15) is 0 Å². The van der Waals surface area contributed by atoms with E-state index in [4.69, 9.17) is 10.7 Å². The lowest BCUT2D eigenvalue weighted by molar-refractivity contribution is 1.13. The molecule has 4 rings (SSSR count). The van der Waals surface area contributed by atoms with Crippen LogP contribution in [0.25, 0.3) is 33.4 Å². The van der Waals surface area contributed by atoms with Gasteiger partial charge in [0.25, 0.3) is 0 Å². The molecule has 146 valence electrons. The molecular formula is C23H24N6. The van der Waals surface area contributed by atoms with Crippen LogP contribution in [-0.2, 0) is 0 Å². The van der Waals surface area contributed by atoms with E-state index in [2.05, 4.69) is 74.4 Å². The predicted molar refractivity (Wildman–Crippen MR) is 121 cm³/mol. The lowest BCUT2D eigenvalue weighted by Crippen LogP contribution is -2.08. The lowest BCUT2D eigenvalue weighted by atomic mass is 9.99. The number of hydrogen-bond acceptors (Lipinski definition) is 6. The van der Waals surface area contributed by atoms with Gasteiger partial charge in [0.2, 0.25) is 0 Å². The minimum Gasteiger partial charge on any atom is -0.383 e. The summed E-state index contributed by atoms with van der Waals surface area (Å²) in [7, 11) is 8.10. The maximum Gasteiger partial charge on any atom is 0.165 e. The second-order valence-electron chi connectivity index (χ2n) is 7.40. The summed E-state index contributed by atoms with van der Waals surface area (Å²) in [6.45, 7) is 0. The van der Waals surface area contributed by atoms with E-state index in [1.165, 1.54) is 6.33 Å². The number of nitrogens with zero attached hydrogens (tertiary/aromatic N) is 5. The highest BCUT2D eigenvalue weighted by molar-refractivity contribution is 6.01. The summed E-state index contributed by atoms with van der Waals surface area (Å²) in [5.74, 6) is 0.434. The quantitative estimate of drug-likeness (QED) is 0.572. The van der Waals surface area contributed by atoms with Crippen molar-refractivity contribution < 1.29 is 0 Å². The van der Waals surface area contributed by atoms with Crippen LogP contribution in [0, 0.1) is 0 Å². The van der Waals surface area contributed by atoms with Gasteiger partial charge in [-0.1, -0.05) is 24.3 Å². The normalized spacial score (nSPS) is 10.9. The van der Waals surface area contributed by atoms with Gasteiger partial charge in [0.1, 0.15) is 12.1 Å². The second-order valence-corrected chi connectivity index (χ2v) is 7.40. The van der Waals surface area contributed by atoms with E-state index in [1.807, 2.05) is 28.2 Å². The molecule has 29 heavy (non-hydrogen) atoms. The second kappa shape index (κ2) is 7.39. The van der Waals surface area contributed by atoms with Gasteiger partial charge in [-0.25, -0.2) is 15.0 Å². The number of hydrogen-bond donors (Lipinski definition) is 1. The van der Waals surface area contributed by atoms with Gasteiger partial charge >= 0.3 is 0 Å². The Labute approximate surface area is 170 Å². The SMILES string of the molecule is CN(C)c1ccc(-c2cc(-c3ccc(N(C)C)cc3)c3c(N)ncnc3n2)cc1. The number of fused-ring (bicyclic) bond motifs is 1. The Morgan fingerprint density at radius 1 is 0.724 bits per heavy atom. The molecule has 6 heteroatoms. The van der Waals surface area contributed by atoms with Gasteiger partial charge in [-0.3, -0.25) is 0 Å². The minimum absolute atomic E-state index is 0.434.